The molecule has 102 valence electrons. The average Bonchev–Trinajstić information content (AvgIpc) is 2.96. The van der Waals surface area contributed by atoms with E-state index in [4.69, 9.17) is 5.26 Å². The van der Waals surface area contributed by atoms with Crippen LogP contribution < -0.4 is 5.32 Å². The Balaban J connectivity index is 2.62. The second-order valence-corrected chi connectivity index (χ2v) is 4.33. The normalized spacial score (nSPS) is 10.2. The maximum Gasteiger partial charge on any atom is 0.177 e. The Morgan fingerprint density at radius 1 is 1.35 bits per heavy atom. The number of nitrogens with one attached hydrogen (secondary N) is 1. The predicted octanol–water partition coefficient (Wildman–Crippen LogP) is 0.767. The SMILES string of the molecule is CCNCc1c(C)nn(C)c1-n1cnc(C#N)c1C#N. The van der Waals surface area contributed by atoms with Crippen LogP contribution in [0.5, 0.6) is 0 Å². The number of rotatable bonds is 4. The lowest BCUT2D eigenvalue weighted by Gasteiger charge is -2.08. The Kier molecular flexibility index (Phi) is 3.83. The van der Waals surface area contributed by atoms with Gasteiger partial charge in [-0.05, 0) is 13.5 Å². The highest BCUT2D eigenvalue weighted by Gasteiger charge is 2.19. The van der Waals surface area contributed by atoms with Crippen LogP contribution in [-0.4, -0.2) is 25.9 Å². The Morgan fingerprint density at radius 2 is 2.10 bits per heavy atom. The molecule has 0 saturated carbocycles. The van der Waals surface area contributed by atoms with Crippen molar-refractivity contribution in [2.24, 2.45) is 7.05 Å². The third-order valence-electron chi connectivity index (χ3n) is 3.07. The van der Waals surface area contributed by atoms with Crippen LogP contribution in [-0.2, 0) is 13.6 Å². The second-order valence-electron chi connectivity index (χ2n) is 4.33. The maximum atomic E-state index is 9.24. The lowest BCUT2D eigenvalue weighted by Crippen LogP contribution is -2.15. The third-order valence-corrected chi connectivity index (χ3v) is 3.07. The van der Waals surface area contributed by atoms with Crippen LogP contribution in [0.1, 0.15) is 29.6 Å². The van der Waals surface area contributed by atoms with Crippen molar-refractivity contribution < 1.29 is 0 Å². The van der Waals surface area contributed by atoms with Crippen LogP contribution in [0.3, 0.4) is 0 Å². The monoisotopic (exact) mass is 269 g/mol. The van der Waals surface area contributed by atoms with Gasteiger partial charge in [-0.1, -0.05) is 6.92 Å². The van der Waals surface area contributed by atoms with Crippen LogP contribution in [0.15, 0.2) is 6.33 Å². The van der Waals surface area contributed by atoms with Crippen molar-refractivity contribution in [3.05, 3.63) is 29.0 Å². The second kappa shape index (κ2) is 5.55. The highest BCUT2D eigenvalue weighted by molar-refractivity contribution is 5.46. The highest BCUT2D eigenvalue weighted by atomic mass is 15.3. The van der Waals surface area contributed by atoms with Crippen LogP contribution in [0.2, 0.25) is 0 Å². The van der Waals surface area contributed by atoms with E-state index in [1.165, 1.54) is 6.33 Å². The molecule has 0 radical (unpaired) electrons. The van der Waals surface area contributed by atoms with E-state index in [2.05, 4.69) is 15.4 Å². The summed E-state index contributed by atoms with van der Waals surface area (Å²) in [7, 11) is 1.81. The van der Waals surface area contributed by atoms with Crippen LogP contribution in [0.25, 0.3) is 5.82 Å². The Labute approximate surface area is 117 Å². The number of nitrogens with zero attached hydrogens (tertiary/aromatic N) is 6. The number of hydrogen-bond acceptors (Lipinski definition) is 5. The minimum Gasteiger partial charge on any atom is -0.313 e. The molecule has 2 aromatic heterocycles. The van der Waals surface area contributed by atoms with Gasteiger partial charge >= 0.3 is 0 Å². The Hall–Kier alpha value is -2.64. The van der Waals surface area contributed by atoms with Gasteiger partial charge in [0.15, 0.2) is 11.4 Å². The molecule has 0 amide bonds. The minimum atomic E-state index is 0.126. The molecule has 7 heteroatoms. The molecule has 20 heavy (non-hydrogen) atoms. The lowest BCUT2D eigenvalue weighted by atomic mass is 10.2. The van der Waals surface area contributed by atoms with E-state index in [0.717, 1.165) is 23.6 Å². The molecule has 0 fully saturated rings. The highest BCUT2D eigenvalue weighted by Crippen LogP contribution is 2.20. The fraction of sp³-hybridized carbons (Fsp3) is 0.385. The molecule has 0 atom stereocenters. The molecule has 0 aromatic carbocycles. The first-order valence-corrected chi connectivity index (χ1v) is 6.25. The molecule has 1 N–H and O–H groups in total. The summed E-state index contributed by atoms with van der Waals surface area (Å²) in [5, 5.41) is 25.9. The fourth-order valence-electron chi connectivity index (χ4n) is 2.15. The molecule has 2 heterocycles. The molecule has 0 unspecified atom stereocenters. The van der Waals surface area contributed by atoms with E-state index in [1.54, 1.807) is 9.25 Å². The molecule has 0 saturated heterocycles. The lowest BCUT2D eigenvalue weighted by molar-refractivity contribution is 0.702. The quantitative estimate of drug-likeness (QED) is 0.884. The molecule has 0 aliphatic carbocycles. The van der Waals surface area contributed by atoms with Gasteiger partial charge in [0.1, 0.15) is 24.3 Å². The summed E-state index contributed by atoms with van der Waals surface area (Å²) in [4.78, 5) is 3.97. The topological polar surface area (TPSA) is 95.2 Å². The van der Waals surface area contributed by atoms with Gasteiger partial charge in [-0.15, -0.1) is 0 Å². The van der Waals surface area contributed by atoms with Crippen molar-refractivity contribution in [3.8, 4) is 18.0 Å². The summed E-state index contributed by atoms with van der Waals surface area (Å²) in [6.07, 6.45) is 1.49. The number of nitriles is 2. The van der Waals surface area contributed by atoms with Gasteiger partial charge in [-0.2, -0.15) is 15.6 Å². The minimum absolute atomic E-state index is 0.126. The van der Waals surface area contributed by atoms with E-state index in [9.17, 15) is 5.26 Å². The standard InChI is InChI=1S/C13H15N7/c1-4-16-7-10-9(2)18-19(3)13(10)20-8-17-11(5-14)12(20)6-15/h8,16H,4,7H2,1-3H3. The summed E-state index contributed by atoms with van der Waals surface area (Å²) in [5.41, 5.74) is 2.24. The summed E-state index contributed by atoms with van der Waals surface area (Å²) in [6, 6.07) is 3.96. The number of aromatic nitrogens is 4. The fourth-order valence-corrected chi connectivity index (χ4v) is 2.15. The maximum absolute atomic E-state index is 9.24. The van der Waals surface area contributed by atoms with Gasteiger partial charge in [0.2, 0.25) is 0 Å². The van der Waals surface area contributed by atoms with Crippen molar-refractivity contribution >= 4 is 0 Å². The molecular formula is C13H15N7. The van der Waals surface area contributed by atoms with E-state index >= 15 is 0 Å². The summed E-state index contributed by atoms with van der Waals surface area (Å²) in [6.45, 7) is 5.43. The molecular weight excluding hydrogens is 254 g/mol. The molecule has 7 nitrogen and oxygen atoms in total. The average molecular weight is 269 g/mol. The van der Waals surface area contributed by atoms with Crippen molar-refractivity contribution in [1.29, 1.82) is 10.5 Å². The van der Waals surface area contributed by atoms with E-state index in [1.807, 2.05) is 33.0 Å². The van der Waals surface area contributed by atoms with Crippen LogP contribution >= 0.6 is 0 Å². The zero-order chi connectivity index (χ0) is 14.7. The van der Waals surface area contributed by atoms with Gasteiger partial charge in [-0.25, -0.2) is 4.98 Å². The molecule has 0 aliphatic rings. The van der Waals surface area contributed by atoms with Crippen molar-refractivity contribution in [2.45, 2.75) is 20.4 Å². The predicted molar refractivity (Wildman–Crippen MR) is 71.9 cm³/mol. The van der Waals surface area contributed by atoms with Gasteiger partial charge in [0.25, 0.3) is 0 Å². The van der Waals surface area contributed by atoms with Gasteiger partial charge in [-0.3, -0.25) is 9.25 Å². The zero-order valence-electron chi connectivity index (χ0n) is 11.7. The van der Waals surface area contributed by atoms with E-state index in [-0.39, 0.29) is 11.4 Å². The first-order valence-electron chi connectivity index (χ1n) is 6.25. The summed E-state index contributed by atoms with van der Waals surface area (Å²) >= 11 is 0. The summed E-state index contributed by atoms with van der Waals surface area (Å²) in [5.74, 6) is 0.758. The van der Waals surface area contributed by atoms with Crippen LogP contribution in [0, 0.1) is 29.6 Å². The van der Waals surface area contributed by atoms with Gasteiger partial charge in [0, 0.05) is 19.2 Å². The van der Waals surface area contributed by atoms with Crippen molar-refractivity contribution in [1.82, 2.24) is 24.6 Å². The van der Waals surface area contributed by atoms with Crippen molar-refractivity contribution in [3.63, 3.8) is 0 Å². The Bertz CT molecular complexity index is 708. The molecule has 0 aliphatic heterocycles. The number of aryl methyl sites for hydroxylation is 2. The summed E-state index contributed by atoms with van der Waals surface area (Å²) < 4.78 is 3.32. The third kappa shape index (κ3) is 2.15. The molecule has 0 spiro atoms. The first kappa shape index (κ1) is 13.8. The molecule has 2 rings (SSSR count). The smallest absolute Gasteiger partial charge is 0.177 e. The first-order chi connectivity index (χ1) is 9.63. The van der Waals surface area contributed by atoms with E-state index < -0.39 is 0 Å². The Morgan fingerprint density at radius 3 is 2.70 bits per heavy atom. The number of hydrogen-bond donors (Lipinski definition) is 1. The largest absolute Gasteiger partial charge is 0.313 e. The molecule has 2 aromatic rings. The molecule has 0 bridgehead atoms. The zero-order valence-corrected chi connectivity index (χ0v) is 11.7. The van der Waals surface area contributed by atoms with Gasteiger partial charge in [0.05, 0.1) is 5.69 Å². The van der Waals surface area contributed by atoms with E-state index in [0.29, 0.717) is 6.54 Å². The van der Waals surface area contributed by atoms with Crippen molar-refractivity contribution in [2.75, 3.05) is 6.54 Å². The van der Waals surface area contributed by atoms with Crippen LogP contribution in [0.4, 0.5) is 0 Å². The van der Waals surface area contributed by atoms with Gasteiger partial charge < -0.3 is 5.32 Å². The number of imidazole rings is 1.